The maximum Gasteiger partial charge on any atom is 0.324 e. The quantitative estimate of drug-likeness (QED) is 0.498. The van der Waals surface area contributed by atoms with E-state index in [4.69, 9.17) is 9.47 Å². The third kappa shape index (κ3) is 5.93. The Kier molecular flexibility index (Phi) is 7.55. The predicted molar refractivity (Wildman–Crippen MR) is 137 cm³/mol. The van der Waals surface area contributed by atoms with Crippen LogP contribution in [0.5, 0.6) is 11.5 Å². The van der Waals surface area contributed by atoms with Gasteiger partial charge in [0.15, 0.2) is 0 Å². The Hall–Kier alpha value is -4.00. The molecule has 0 atom stereocenters. The summed E-state index contributed by atoms with van der Waals surface area (Å²) in [5.41, 5.74) is 4.42. The summed E-state index contributed by atoms with van der Waals surface area (Å²) in [6.07, 6.45) is 1.08. The number of hydrogen-bond acceptors (Lipinski definition) is 4. The Morgan fingerprint density at radius 3 is 2.46 bits per heavy atom. The van der Waals surface area contributed by atoms with Gasteiger partial charge in [-0.3, -0.25) is 9.69 Å². The second-order valence-corrected chi connectivity index (χ2v) is 8.66. The van der Waals surface area contributed by atoms with Gasteiger partial charge in [0.25, 0.3) is 0 Å². The first kappa shape index (κ1) is 24.1. The molecule has 4 rings (SSSR count). The van der Waals surface area contributed by atoms with Gasteiger partial charge in [0.1, 0.15) is 11.5 Å². The van der Waals surface area contributed by atoms with Gasteiger partial charge in [-0.25, -0.2) is 4.79 Å². The SMILES string of the molecule is COc1ccc(CC(=O)Nc2ccc(OC)c(N3CCCN(Cc4cccc(C)c4)C3=O)c2)cc1. The zero-order chi connectivity index (χ0) is 24.8. The Labute approximate surface area is 206 Å². The molecule has 0 radical (unpaired) electrons. The molecule has 1 fully saturated rings. The standard InChI is InChI=1S/C28H31N3O4/c1-20-6-4-7-22(16-20)19-30-14-5-15-31(28(30)33)25-18-23(10-13-26(25)35-3)29-27(32)17-21-8-11-24(34-2)12-9-21/h4,6-13,16,18H,5,14-15,17,19H2,1-3H3,(H,29,32). The molecule has 1 N–H and O–H groups in total. The normalized spacial score (nSPS) is 13.5. The molecule has 0 aliphatic carbocycles. The van der Waals surface area contributed by atoms with E-state index in [1.165, 1.54) is 5.56 Å². The lowest BCUT2D eigenvalue weighted by Gasteiger charge is -2.36. The highest BCUT2D eigenvalue weighted by Crippen LogP contribution is 2.34. The minimum Gasteiger partial charge on any atom is -0.497 e. The van der Waals surface area contributed by atoms with Crippen molar-refractivity contribution < 1.29 is 19.1 Å². The van der Waals surface area contributed by atoms with Crippen LogP contribution in [0.4, 0.5) is 16.2 Å². The summed E-state index contributed by atoms with van der Waals surface area (Å²) in [4.78, 5) is 29.7. The summed E-state index contributed by atoms with van der Waals surface area (Å²) < 4.78 is 10.7. The molecular weight excluding hydrogens is 442 g/mol. The van der Waals surface area contributed by atoms with Crippen LogP contribution in [0, 0.1) is 6.92 Å². The van der Waals surface area contributed by atoms with Gasteiger partial charge in [-0.1, -0.05) is 42.0 Å². The number of aryl methyl sites for hydroxylation is 1. The lowest BCUT2D eigenvalue weighted by molar-refractivity contribution is -0.115. The van der Waals surface area contributed by atoms with Crippen LogP contribution in [0.15, 0.2) is 66.7 Å². The zero-order valence-electron chi connectivity index (χ0n) is 20.4. The Bertz CT molecular complexity index is 1190. The van der Waals surface area contributed by atoms with E-state index in [0.717, 1.165) is 23.3 Å². The van der Waals surface area contributed by atoms with Gasteiger partial charge in [-0.05, 0) is 54.8 Å². The molecule has 182 valence electrons. The number of urea groups is 1. The van der Waals surface area contributed by atoms with Crippen LogP contribution in [-0.4, -0.2) is 44.1 Å². The molecule has 35 heavy (non-hydrogen) atoms. The maximum absolute atomic E-state index is 13.4. The minimum absolute atomic E-state index is 0.0715. The second kappa shape index (κ2) is 11.0. The zero-order valence-corrected chi connectivity index (χ0v) is 20.4. The minimum atomic E-state index is -0.141. The van der Waals surface area contributed by atoms with Gasteiger partial charge in [-0.2, -0.15) is 0 Å². The summed E-state index contributed by atoms with van der Waals surface area (Å²) >= 11 is 0. The molecule has 3 amide bonds. The molecule has 1 saturated heterocycles. The molecule has 1 aliphatic rings. The summed E-state index contributed by atoms with van der Waals surface area (Å²) in [7, 11) is 3.19. The van der Waals surface area contributed by atoms with E-state index in [9.17, 15) is 9.59 Å². The smallest absolute Gasteiger partial charge is 0.324 e. The fraction of sp³-hybridized carbons (Fsp3) is 0.286. The van der Waals surface area contributed by atoms with Crippen LogP contribution in [0.3, 0.4) is 0 Å². The van der Waals surface area contributed by atoms with Crippen LogP contribution >= 0.6 is 0 Å². The molecule has 7 nitrogen and oxygen atoms in total. The van der Waals surface area contributed by atoms with Crippen molar-refractivity contribution in [1.82, 2.24) is 4.90 Å². The van der Waals surface area contributed by atoms with Crippen LogP contribution in [-0.2, 0) is 17.8 Å². The third-order valence-corrected chi connectivity index (χ3v) is 6.04. The molecule has 3 aromatic carbocycles. The van der Waals surface area contributed by atoms with Gasteiger partial charge < -0.3 is 19.7 Å². The van der Waals surface area contributed by atoms with E-state index in [1.807, 2.05) is 54.3 Å². The van der Waals surface area contributed by atoms with E-state index in [-0.39, 0.29) is 18.4 Å². The fourth-order valence-electron chi connectivity index (χ4n) is 4.30. The first-order valence-corrected chi connectivity index (χ1v) is 11.7. The van der Waals surface area contributed by atoms with Crippen LogP contribution in [0.25, 0.3) is 0 Å². The topological polar surface area (TPSA) is 71.1 Å². The van der Waals surface area contributed by atoms with Crippen molar-refractivity contribution in [2.75, 3.05) is 37.5 Å². The van der Waals surface area contributed by atoms with E-state index < -0.39 is 0 Å². The number of amides is 3. The Balaban J connectivity index is 1.49. The fourth-order valence-corrected chi connectivity index (χ4v) is 4.30. The number of anilines is 2. The number of carbonyl (C=O) groups excluding carboxylic acids is 2. The first-order chi connectivity index (χ1) is 17.0. The second-order valence-electron chi connectivity index (χ2n) is 8.66. The van der Waals surface area contributed by atoms with Crippen molar-refractivity contribution in [3.63, 3.8) is 0 Å². The van der Waals surface area contributed by atoms with Crippen molar-refractivity contribution in [1.29, 1.82) is 0 Å². The Morgan fingerprint density at radius 2 is 1.74 bits per heavy atom. The van der Waals surface area contributed by atoms with Crippen molar-refractivity contribution in [2.24, 2.45) is 0 Å². The van der Waals surface area contributed by atoms with Crippen LogP contribution in [0.2, 0.25) is 0 Å². The van der Waals surface area contributed by atoms with Crippen LogP contribution in [0.1, 0.15) is 23.1 Å². The lowest BCUT2D eigenvalue weighted by atomic mass is 10.1. The van der Waals surface area contributed by atoms with E-state index in [2.05, 4.69) is 11.4 Å². The van der Waals surface area contributed by atoms with Crippen molar-refractivity contribution in [3.8, 4) is 11.5 Å². The number of hydrogen-bond donors (Lipinski definition) is 1. The monoisotopic (exact) mass is 473 g/mol. The Morgan fingerprint density at radius 1 is 0.943 bits per heavy atom. The van der Waals surface area contributed by atoms with Crippen molar-refractivity contribution in [2.45, 2.75) is 26.3 Å². The highest BCUT2D eigenvalue weighted by Gasteiger charge is 2.29. The highest BCUT2D eigenvalue weighted by molar-refractivity contribution is 5.97. The number of methoxy groups -OCH3 is 2. The van der Waals surface area contributed by atoms with Gasteiger partial charge in [0, 0.05) is 25.3 Å². The summed E-state index contributed by atoms with van der Waals surface area (Å²) in [5.74, 6) is 1.19. The molecule has 1 aliphatic heterocycles. The molecule has 0 aromatic heterocycles. The summed E-state index contributed by atoms with van der Waals surface area (Å²) in [6, 6.07) is 20.9. The van der Waals surface area contributed by atoms with Gasteiger partial charge >= 0.3 is 6.03 Å². The number of carbonyl (C=O) groups is 2. The molecule has 7 heteroatoms. The van der Waals surface area contributed by atoms with Gasteiger partial charge in [-0.15, -0.1) is 0 Å². The predicted octanol–water partition coefficient (Wildman–Crippen LogP) is 5.03. The van der Waals surface area contributed by atoms with E-state index >= 15 is 0 Å². The summed E-state index contributed by atoms with van der Waals surface area (Å²) in [6.45, 7) is 3.89. The number of nitrogens with one attached hydrogen (secondary N) is 1. The van der Waals surface area contributed by atoms with Crippen molar-refractivity contribution >= 4 is 23.3 Å². The van der Waals surface area contributed by atoms with Gasteiger partial charge in [0.2, 0.25) is 5.91 Å². The van der Waals surface area contributed by atoms with E-state index in [1.54, 1.807) is 37.3 Å². The van der Waals surface area contributed by atoms with Gasteiger partial charge in [0.05, 0.1) is 26.3 Å². The molecule has 0 spiro atoms. The molecule has 0 bridgehead atoms. The highest BCUT2D eigenvalue weighted by atomic mass is 16.5. The third-order valence-electron chi connectivity index (χ3n) is 6.04. The number of benzene rings is 3. The molecular formula is C28H31N3O4. The summed E-state index contributed by atoms with van der Waals surface area (Å²) in [5, 5.41) is 2.94. The first-order valence-electron chi connectivity index (χ1n) is 11.7. The molecule has 1 heterocycles. The van der Waals surface area contributed by atoms with Crippen LogP contribution < -0.4 is 19.7 Å². The molecule has 0 unspecified atom stereocenters. The van der Waals surface area contributed by atoms with E-state index in [0.29, 0.717) is 36.8 Å². The number of rotatable bonds is 8. The maximum atomic E-state index is 13.4. The average Bonchev–Trinajstić information content (AvgIpc) is 2.86. The lowest BCUT2D eigenvalue weighted by Crippen LogP contribution is -2.49. The number of ether oxygens (including phenoxy) is 2. The largest absolute Gasteiger partial charge is 0.497 e. The average molecular weight is 474 g/mol. The number of nitrogens with zero attached hydrogens (tertiary/aromatic N) is 2. The van der Waals surface area contributed by atoms with Crippen molar-refractivity contribution in [3.05, 3.63) is 83.4 Å². The molecule has 3 aromatic rings. The molecule has 0 saturated carbocycles.